The first kappa shape index (κ1) is 15.9. The van der Waals surface area contributed by atoms with Crippen LogP contribution >= 0.6 is 0 Å². The third kappa shape index (κ3) is 3.84. The van der Waals surface area contributed by atoms with E-state index in [1.165, 1.54) is 0 Å². The van der Waals surface area contributed by atoms with Crippen molar-refractivity contribution in [3.8, 4) is 5.69 Å². The predicted octanol–water partition coefficient (Wildman–Crippen LogP) is 3.01. The maximum absolute atomic E-state index is 13.5. The molecule has 4 nitrogen and oxygen atoms in total. The molecule has 0 fully saturated rings. The molecule has 2 aromatic carbocycles. The van der Waals surface area contributed by atoms with Gasteiger partial charge in [0.2, 0.25) is 5.91 Å². The highest BCUT2D eigenvalue weighted by Gasteiger charge is 2.09. The number of halogens is 2. The molecule has 0 aliphatic rings. The van der Waals surface area contributed by atoms with Gasteiger partial charge in [-0.3, -0.25) is 4.79 Å². The van der Waals surface area contributed by atoms with Crippen LogP contribution in [0.2, 0.25) is 0 Å². The van der Waals surface area contributed by atoms with Crippen molar-refractivity contribution in [3.05, 3.63) is 83.7 Å². The molecular weight excluding hydrogens is 312 g/mol. The van der Waals surface area contributed by atoms with Crippen LogP contribution in [0.25, 0.3) is 5.69 Å². The van der Waals surface area contributed by atoms with Gasteiger partial charge in [-0.2, -0.15) is 5.10 Å². The van der Waals surface area contributed by atoms with E-state index in [2.05, 4.69) is 10.4 Å². The Morgan fingerprint density at radius 1 is 1.12 bits per heavy atom. The average Bonchev–Trinajstić information content (AvgIpc) is 3.11. The minimum absolute atomic E-state index is 0.0396. The number of benzene rings is 2. The van der Waals surface area contributed by atoms with Crippen LogP contribution in [0.1, 0.15) is 11.1 Å². The van der Waals surface area contributed by atoms with E-state index >= 15 is 0 Å². The van der Waals surface area contributed by atoms with Gasteiger partial charge < -0.3 is 5.32 Å². The van der Waals surface area contributed by atoms with Crippen molar-refractivity contribution in [2.45, 2.75) is 13.0 Å². The van der Waals surface area contributed by atoms with Gasteiger partial charge in [-0.25, -0.2) is 13.5 Å². The molecule has 0 aliphatic carbocycles. The summed E-state index contributed by atoms with van der Waals surface area (Å²) in [5.74, 6) is -1.53. The molecule has 6 heteroatoms. The van der Waals surface area contributed by atoms with Crippen molar-refractivity contribution in [1.29, 1.82) is 0 Å². The largest absolute Gasteiger partial charge is 0.352 e. The molecular formula is C18H15F2N3O. The number of nitrogens with zero attached hydrogens (tertiary/aromatic N) is 2. The van der Waals surface area contributed by atoms with Gasteiger partial charge in [0.05, 0.1) is 12.1 Å². The molecule has 1 N–H and O–H groups in total. The Labute approximate surface area is 137 Å². The third-order valence-electron chi connectivity index (χ3n) is 3.53. The van der Waals surface area contributed by atoms with Gasteiger partial charge in [0.1, 0.15) is 11.6 Å². The highest BCUT2D eigenvalue weighted by molar-refractivity contribution is 5.78. The lowest BCUT2D eigenvalue weighted by atomic mass is 10.1. The normalized spacial score (nSPS) is 10.6. The first-order valence-corrected chi connectivity index (χ1v) is 7.41. The number of aromatic nitrogens is 2. The average molecular weight is 327 g/mol. The summed E-state index contributed by atoms with van der Waals surface area (Å²) in [6.07, 6.45) is 3.30. The minimum atomic E-state index is -0.591. The molecule has 0 aliphatic heterocycles. The molecule has 0 saturated heterocycles. The van der Waals surface area contributed by atoms with Crippen LogP contribution < -0.4 is 5.32 Å². The van der Waals surface area contributed by atoms with E-state index < -0.39 is 11.6 Å². The summed E-state index contributed by atoms with van der Waals surface area (Å²) in [6.45, 7) is 0.297. The summed E-state index contributed by atoms with van der Waals surface area (Å²) in [5, 5.41) is 6.86. The zero-order valence-corrected chi connectivity index (χ0v) is 12.7. The van der Waals surface area contributed by atoms with Crippen molar-refractivity contribution in [2.75, 3.05) is 0 Å². The zero-order valence-electron chi connectivity index (χ0n) is 12.7. The second-order valence-electron chi connectivity index (χ2n) is 5.31. The number of rotatable bonds is 5. The second-order valence-corrected chi connectivity index (χ2v) is 5.31. The summed E-state index contributed by atoms with van der Waals surface area (Å²) in [4.78, 5) is 11.9. The van der Waals surface area contributed by atoms with Crippen LogP contribution in [0, 0.1) is 11.6 Å². The molecule has 24 heavy (non-hydrogen) atoms. The number of carbonyl (C=O) groups is 1. The molecule has 122 valence electrons. The number of nitrogens with one attached hydrogen (secondary N) is 1. The third-order valence-corrected chi connectivity index (χ3v) is 3.53. The molecule has 0 saturated carbocycles. The fourth-order valence-electron chi connectivity index (χ4n) is 2.35. The molecule has 0 radical (unpaired) electrons. The van der Waals surface area contributed by atoms with Gasteiger partial charge in [-0.15, -0.1) is 0 Å². The number of amides is 1. The van der Waals surface area contributed by atoms with Crippen LogP contribution in [0.15, 0.2) is 60.9 Å². The van der Waals surface area contributed by atoms with Crippen LogP contribution in [-0.2, 0) is 17.8 Å². The lowest BCUT2D eigenvalue weighted by Gasteiger charge is -2.08. The zero-order chi connectivity index (χ0) is 16.9. The maximum Gasteiger partial charge on any atom is 0.224 e. The molecule has 0 unspecified atom stereocenters. The fourth-order valence-corrected chi connectivity index (χ4v) is 2.35. The van der Waals surface area contributed by atoms with Crippen LogP contribution in [0.5, 0.6) is 0 Å². The summed E-state index contributed by atoms with van der Waals surface area (Å²) < 4.78 is 28.4. The smallest absolute Gasteiger partial charge is 0.224 e. The topological polar surface area (TPSA) is 46.9 Å². The summed E-state index contributed by atoms with van der Waals surface area (Å²) >= 11 is 0. The van der Waals surface area contributed by atoms with Crippen molar-refractivity contribution in [3.63, 3.8) is 0 Å². The van der Waals surface area contributed by atoms with Crippen molar-refractivity contribution in [1.82, 2.24) is 15.1 Å². The van der Waals surface area contributed by atoms with Crippen molar-refractivity contribution >= 4 is 5.91 Å². The molecule has 0 atom stereocenters. The van der Waals surface area contributed by atoms with E-state index in [0.717, 1.165) is 29.4 Å². The Morgan fingerprint density at radius 2 is 2.00 bits per heavy atom. The Morgan fingerprint density at radius 3 is 2.79 bits per heavy atom. The minimum Gasteiger partial charge on any atom is -0.352 e. The van der Waals surface area contributed by atoms with Crippen molar-refractivity contribution < 1.29 is 13.6 Å². The molecule has 3 aromatic rings. The Bertz CT molecular complexity index is 847. The Kier molecular flexibility index (Phi) is 4.65. The molecule has 1 heterocycles. The lowest BCUT2D eigenvalue weighted by Crippen LogP contribution is -2.25. The van der Waals surface area contributed by atoms with E-state index in [4.69, 9.17) is 0 Å². The molecule has 1 amide bonds. The van der Waals surface area contributed by atoms with Crippen LogP contribution in [-0.4, -0.2) is 15.7 Å². The van der Waals surface area contributed by atoms with Gasteiger partial charge in [0.15, 0.2) is 0 Å². The number of carbonyl (C=O) groups excluding carboxylic acids is 1. The fraction of sp³-hybridized carbons (Fsp3) is 0.111. The van der Waals surface area contributed by atoms with Gasteiger partial charge >= 0.3 is 0 Å². The van der Waals surface area contributed by atoms with Gasteiger partial charge in [0.25, 0.3) is 0 Å². The summed E-state index contributed by atoms with van der Waals surface area (Å²) in [7, 11) is 0. The standard InChI is InChI=1S/C18H15F2N3O/c19-15-5-6-17(20)14(10-15)11-18(24)21-12-13-3-1-4-16(9-13)23-8-2-7-22-23/h1-10H,11-12H2,(H,21,24). The monoisotopic (exact) mass is 327 g/mol. The van der Waals surface area contributed by atoms with Crippen molar-refractivity contribution in [2.24, 2.45) is 0 Å². The Balaban J connectivity index is 1.62. The summed E-state index contributed by atoms with van der Waals surface area (Å²) in [6, 6.07) is 12.4. The quantitative estimate of drug-likeness (QED) is 0.783. The van der Waals surface area contributed by atoms with E-state index in [1.807, 2.05) is 36.5 Å². The molecule has 0 spiro atoms. The molecule has 0 bridgehead atoms. The SMILES string of the molecule is O=C(Cc1cc(F)ccc1F)NCc1cccc(-n2cccn2)c1. The highest BCUT2D eigenvalue weighted by Crippen LogP contribution is 2.11. The predicted molar refractivity (Wildman–Crippen MR) is 85.5 cm³/mol. The van der Waals surface area contributed by atoms with Gasteiger partial charge in [-0.1, -0.05) is 12.1 Å². The van der Waals surface area contributed by atoms with E-state index in [0.29, 0.717) is 6.54 Å². The number of hydrogen-bond acceptors (Lipinski definition) is 2. The second kappa shape index (κ2) is 7.04. The van der Waals surface area contributed by atoms with Gasteiger partial charge in [0, 0.05) is 24.5 Å². The highest BCUT2D eigenvalue weighted by atomic mass is 19.1. The molecule has 3 rings (SSSR count). The van der Waals surface area contributed by atoms with Crippen LogP contribution in [0.3, 0.4) is 0 Å². The summed E-state index contributed by atoms with van der Waals surface area (Å²) in [5.41, 5.74) is 1.80. The maximum atomic E-state index is 13.5. The first-order chi connectivity index (χ1) is 11.6. The number of hydrogen-bond donors (Lipinski definition) is 1. The van der Waals surface area contributed by atoms with Gasteiger partial charge in [-0.05, 0) is 42.0 Å². The van der Waals surface area contributed by atoms with E-state index in [1.54, 1.807) is 10.9 Å². The van der Waals surface area contributed by atoms with Crippen LogP contribution in [0.4, 0.5) is 8.78 Å². The first-order valence-electron chi connectivity index (χ1n) is 7.41. The molecule has 1 aromatic heterocycles. The Hall–Kier alpha value is -3.02. The lowest BCUT2D eigenvalue weighted by molar-refractivity contribution is -0.120. The van der Waals surface area contributed by atoms with E-state index in [9.17, 15) is 13.6 Å². The van der Waals surface area contributed by atoms with E-state index in [-0.39, 0.29) is 17.9 Å².